The fourth-order valence-corrected chi connectivity index (χ4v) is 12.0. The molecule has 15 nitrogen and oxygen atoms in total. The number of ketones is 1. The quantitative estimate of drug-likeness (QED) is 0.0135. The van der Waals surface area contributed by atoms with Crippen LogP contribution in [-0.4, -0.2) is 119 Å². The van der Waals surface area contributed by atoms with Gasteiger partial charge >= 0.3 is 23.9 Å². The van der Waals surface area contributed by atoms with Crippen LogP contribution in [-0.2, 0) is 38.1 Å². The Labute approximate surface area is 632 Å². The van der Waals surface area contributed by atoms with Gasteiger partial charge in [0.15, 0.2) is 18.0 Å². The highest BCUT2D eigenvalue weighted by atomic mass is 35.5. The molecule has 0 fully saturated rings. The molecule has 1 aliphatic carbocycles. The minimum Gasteiger partial charge on any atom is -1.00 e. The van der Waals surface area contributed by atoms with Crippen LogP contribution in [0.5, 0.6) is 0 Å². The summed E-state index contributed by atoms with van der Waals surface area (Å²) < 4.78 is 23.4. The van der Waals surface area contributed by atoms with Crippen LogP contribution in [0.3, 0.4) is 0 Å². The van der Waals surface area contributed by atoms with E-state index in [1.165, 1.54) is 27.3 Å². The van der Waals surface area contributed by atoms with Gasteiger partial charge in [0.1, 0.15) is 33.0 Å². The number of para-hydroxylation sites is 2. The van der Waals surface area contributed by atoms with Crippen LogP contribution in [0.2, 0.25) is 0 Å². The standard InChI is InChI=1S/C45H50N3O4.C29H36N2O5.C16H13N.ClH/c1-7-47(28-30-51-44(49)32(3)4)37-22-18-34(19-23-37)43(35-20-24-38(25-21-35)48(8-2)29-31-52-45(50)33(5)6)41-26-27-42(40-17-13-12-16-39(40)41)46-36-14-10-9-11-15-36;1-7-30(17-19-35-28(33)21(3)4)25-13-9-23(10-14-25)27(32)24-11-15-26(16-12-24)31(8-2)18-20-36-29(34)22(5)6;1-2-9-14(10-3-1)17-16-12-6-8-13-7-4-5-11-15(13)16;/h9-27,34,43,46H,3,5,7-8,28-31H2,1-2,4,6H3;9-16H,3,5,7-8,17-20H2,1-2,4,6H3;1-12,17H;1H/q+1;;;/p-1. The molecule has 2 N–H and O–H groups in total. The largest absolute Gasteiger partial charge is 1.00 e. The lowest BCUT2D eigenvalue weighted by Gasteiger charge is -2.28. The monoisotopic (exact) mass is 1440 g/mol. The molecule has 0 saturated carbocycles. The van der Waals surface area contributed by atoms with Gasteiger partial charge < -0.3 is 56.7 Å². The number of carbonyl (C=O) groups is 5. The average Bonchev–Trinajstić information content (AvgIpc) is 0.765. The molecular formula is C90H99ClN6O9. The van der Waals surface area contributed by atoms with Gasteiger partial charge in [-0.3, -0.25) is 4.79 Å². The zero-order chi connectivity index (χ0) is 75.2. The first-order chi connectivity index (χ1) is 50.8. The van der Waals surface area contributed by atoms with Crippen LogP contribution < -0.4 is 37.7 Å². The lowest BCUT2D eigenvalue weighted by Crippen LogP contribution is -3.00. The van der Waals surface area contributed by atoms with Crippen molar-refractivity contribution in [2.75, 3.05) is 104 Å². The maximum absolute atomic E-state index is 13.0. The SMILES string of the molecule is C=C(C)C(=O)OCCN(CC)c1ccc(C(=O)c2ccc(N(CC)CCOC(=O)C(=C)C)cc2)cc1.C=C(C)C(=O)OCCN(CC)c1ccc(C(c2ccc(Nc3ccccc3)c3ccccc23)C2C=CC(=[N+](CC)CCOC(=O)C(=C)C)C=C2)cc1.[Cl-].c1ccc(Nc2cccc3ccccc23)cc1. The Morgan fingerprint density at radius 3 is 1.23 bits per heavy atom. The van der Waals surface area contributed by atoms with Crippen molar-refractivity contribution < 1.29 is 59.9 Å². The van der Waals surface area contributed by atoms with E-state index in [0.29, 0.717) is 72.8 Å². The summed E-state index contributed by atoms with van der Waals surface area (Å²) in [6.45, 7) is 35.7. The molecule has 0 aliphatic heterocycles. The number of ether oxygens (including phenoxy) is 4. The number of hydrogen-bond donors (Lipinski definition) is 2. The van der Waals surface area contributed by atoms with E-state index in [4.69, 9.17) is 18.9 Å². The Morgan fingerprint density at radius 2 is 0.802 bits per heavy atom. The van der Waals surface area contributed by atoms with Gasteiger partial charge in [-0.1, -0.05) is 154 Å². The fourth-order valence-electron chi connectivity index (χ4n) is 12.0. The number of benzene rings is 9. The molecule has 0 bridgehead atoms. The number of carbonyl (C=O) groups excluding carboxylic acids is 5. The van der Waals surface area contributed by atoms with Crippen LogP contribution in [0.15, 0.2) is 285 Å². The summed E-state index contributed by atoms with van der Waals surface area (Å²) in [6.07, 6.45) is 8.95. The van der Waals surface area contributed by atoms with Crippen molar-refractivity contribution in [3.05, 3.63) is 307 Å². The predicted molar refractivity (Wildman–Crippen MR) is 431 cm³/mol. The van der Waals surface area contributed by atoms with Crippen LogP contribution in [0.1, 0.15) is 88.4 Å². The summed E-state index contributed by atoms with van der Waals surface area (Å²) in [4.78, 5) is 66.4. The number of likely N-dealkylation sites (N-methyl/N-ethyl adjacent to an activating group) is 4. The Bertz CT molecular complexity index is 4470. The Balaban J connectivity index is 0.000000249. The predicted octanol–water partition coefficient (Wildman–Crippen LogP) is 15.4. The topological polar surface area (TPSA) is 159 Å². The summed E-state index contributed by atoms with van der Waals surface area (Å²) >= 11 is 0. The molecule has 9 aromatic rings. The van der Waals surface area contributed by atoms with Gasteiger partial charge in [0.05, 0.1) is 19.6 Å². The van der Waals surface area contributed by atoms with Crippen molar-refractivity contribution in [1.82, 2.24) is 0 Å². The van der Waals surface area contributed by atoms with Crippen molar-refractivity contribution in [2.45, 2.75) is 61.3 Å². The highest BCUT2D eigenvalue weighted by Gasteiger charge is 2.28. The van der Waals surface area contributed by atoms with E-state index < -0.39 is 11.9 Å². The van der Waals surface area contributed by atoms with Crippen molar-refractivity contribution in [3.63, 3.8) is 0 Å². The molecule has 1 unspecified atom stereocenters. The number of nitrogens with one attached hydrogen (secondary N) is 2. The van der Waals surface area contributed by atoms with Crippen molar-refractivity contribution >= 4 is 96.7 Å². The van der Waals surface area contributed by atoms with E-state index in [1.54, 1.807) is 27.7 Å². The Kier molecular flexibility index (Phi) is 32.1. The summed E-state index contributed by atoms with van der Waals surface area (Å²) in [5, 5.41) is 11.9. The molecule has 550 valence electrons. The molecule has 0 amide bonds. The summed E-state index contributed by atoms with van der Waals surface area (Å²) in [7, 11) is 0. The van der Waals surface area contributed by atoms with E-state index in [-0.39, 0.29) is 55.2 Å². The maximum Gasteiger partial charge on any atom is 0.333 e. The van der Waals surface area contributed by atoms with E-state index in [2.05, 4.69) is 222 Å². The van der Waals surface area contributed by atoms with E-state index >= 15 is 0 Å². The number of allylic oxidation sites excluding steroid dienone is 4. The second-order valence-corrected chi connectivity index (χ2v) is 25.5. The summed E-state index contributed by atoms with van der Waals surface area (Å²) in [5.41, 5.74) is 13.6. The van der Waals surface area contributed by atoms with E-state index in [0.717, 1.165) is 77.1 Å². The van der Waals surface area contributed by atoms with Gasteiger partial charge in [0, 0.05) is 128 Å². The van der Waals surface area contributed by atoms with Crippen LogP contribution >= 0.6 is 0 Å². The molecule has 9 aromatic carbocycles. The number of hydrogen-bond acceptors (Lipinski definition) is 14. The normalized spacial score (nSPS) is 12.1. The van der Waals surface area contributed by atoms with Gasteiger partial charge in [-0.2, -0.15) is 0 Å². The average molecular weight is 1440 g/mol. The zero-order valence-corrected chi connectivity index (χ0v) is 63.1. The van der Waals surface area contributed by atoms with Crippen LogP contribution in [0, 0.1) is 5.92 Å². The van der Waals surface area contributed by atoms with Crippen LogP contribution in [0.4, 0.5) is 39.8 Å². The van der Waals surface area contributed by atoms with Crippen molar-refractivity contribution in [3.8, 4) is 0 Å². The van der Waals surface area contributed by atoms with Gasteiger partial charge in [-0.15, -0.1) is 0 Å². The van der Waals surface area contributed by atoms with Gasteiger partial charge in [0.2, 0.25) is 0 Å². The molecule has 106 heavy (non-hydrogen) atoms. The third-order valence-corrected chi connectivity index (χ3v) is 17.8. The van der Waals surface area contributed by atoms with E-state index in [1.807, 2.05) is 98.8 Å². The lowest BCUT2D eigenvalue weighted by molar-refractivity contribution is -0.524. The molecule has 0 aromatic heterocycles. The minimum absolute atomic E-state index is 0. The molecular weight excluding hydrogens is 1340 g/mol. The second kappa shape index (κ2) is 41.7. The zero-order valence-electron chi connectivity index (χ0n) is 62.3. The van der Waals surface area contributed by atoms with Crippen molar-refractivity contribution in [1.29, 1.82) is 0 Å². The number of rotatable bonds is 32. The number of anilines is 7. The molecule has 1 aliphatic rings. The second-order valence-electron chi connectivity index (χ2n) is 25.5. The van der Waals surface area contributed by atoms with Crippen molar-refractivity contribution in [2.24, 2.45) is 5.92 Å². The molecule has 0 radical (unpaired) electrons. The number of halogens is 1. The molecule has 1 atom stereocenters. The number of esters is 4. The Hall–Kier alpha value is -11.6. The summed E-state index contributed by atoms with van der Waals surface area (Å²) in [6, 6.07) is 71.9. The minimum atomic E-state index is -0.397. The Morgan fingerprint density at radius 1 is 0.425 bits per heavy atom. The maximum atomic E-state index is 13.0. The number of fused-ring (bicyclic) bond motifs is 2. The first kappa shape index (κ1) is 81.7. The first-order valence-electron chi connectivity index (χ1n) is 35.8. The number of nitrogens with zero attached hydrogens (tertiary/aromatic N) is 4. The smallest absolute Gasteiger partial charge is 0.333 e. The molecule has 16 heteroatoms. The molecule has 0 spiro atoms. The van der Waals surface area contributed by atoms with Gasteiger partial charge in [-0.05, 0) is 174 Å². The van der Waals surface area contributed by atoms with Gasteiger partial charge in [0.25, 0.3) is 0 Å². The third-order valence-electron chi connectivity index (χ3n) is 17.8. The molecule has 10 rings (SSSR count). The summed E-state index contributed by atoms with van der Waals surface area (Å²) in [5.74, 6) is -1.49. The first-order valence-corrected chi connectivity index (χ1v) is 35.8. The lowest BCUT2D eigenvalue weighted by atomic mass is 9.77. The van der Waals surface area contributed by atoms with Gasteiger partial charge in [-0.25, -0.2) is 23.8 Å². The van der Waals surface area contributed by atoms with Crippen LogP contribution in [0.25, 0.3) is 21.5 Å². The fraction of sp³-hybridized carbons (Fsp3) is 0.244. The third kappa shape index (κ3) is 23.5. The highest BCUT2D eigenvalue weighted by molar-refractivity contribution is 6.09. The molecule has 0 saturated heterocycles. The highest BCUT2D eigenvalue weighted by Crippen LogP contribution is 2.42. The van der Waals surface area contributed by atoms with E-state index in [9.17, 15) is 24.0 Å². The molecule has 0 heterocycles.